The van der Waals surface area contributed by atoms with Gasteiger partial charge in [0.1, 0.15) is 0 Å². The summed E-state index contributed by atoms with van der Waals surface area (Å²) >= 11 is 3.51. The molecule has 1 aromatic heterocycles. The second-order valence-electron chi connectivity index (χ2n) is 4.57. The number of aromatic nitrogens is 4. The monoisotopic (exact) mass is 323 g/mol. The molecule has 0 unspecified atom stereocenters. The molecule has 5 nitrogen and oxygen atoms in total. The Morgan fingerprint density at radius 1 is 1.26 bits per heavy atom. The molecule has 0 atom stereocenters. The number of nitrogens with zero attached hydrogens (tertiary/aromatic N) is 4. The van der Waals surface area contributed by atoms with Gasteiger partial charge < -0.3 is 5.32 Å². The van der Waals surface area contributed by atoms with Gasteiger partial charge in [0.15, 0.2) is 5.82 Å². The average molecular weight is 324 g/mol. The number of hydrogen-bond acceptors (Lipinski definition) is 4. The minimum atomic E-state index is 0.676. The molecule has 0 aliphatic rings. The van der Waals surface area contributed by atoms with Gasteiger partial charge in [0.2, 0.25) is 0 Å². The third-order valence-corrected chi connectivity index (χ3v) is 3.37. The first-order valence-corrected chi connectivity index (χ1v) is 7.18. The Kier molecular flexibility index (Phi) is 4.66. The van der Waals surface area contributed by atoms with Crippen LogP contribution >= 0.6 is 15.9 Å². The van der Waals surface area contributed by atoms with Crippen molar-refractivity contribution in [2.24, 2.45) is 0 Å². The number of nitrogens with one attached hydrogen (secondary N) is 1. The van der Waals surface area contributed by atoms with Crippen molar-refractivity contribution in [3.05, 3.63) is 33.6 Å². The van der Waals surface area contributed by atoms with Gasteiger partial charge in [-0.2, -0.15) is 4.68 Å². The highest BCUT2D eigenvalue weighted by Gasteiger charge is 2.13. The third kappa shape index (κ3) is 3.19. The minimum absolute atomic E-state index is 0.676. The van der Waals surface area contributed by atoms with E-state index in [9.17, 15) is 0 Å². The van der Waals surface area contributed by atoms with Crippen LogP contribution in [0.5, 0.6) is 0 Å². The summed E-state index contributed by atoms with van der Waals surface area (Å²) in [5.74, 6) is 0.835. The van der Waals surface area contributed by atoms with Crippen molar-refractivity contribution in [1.82, 2.24) is 25.5 Å². The fourth-order valence-corrected chi connectivity index (χ4v) is 2.79. The number of benzene rings is 1. The Hall–Kier alpha value is -1.27. The van der Waals surface area contributed by atoms with E-state index in [1.165, 1.54) is 0 Å². The van der Waals surface area contributed by atoms with E-state index in [0.29, 0.717) is 6.54 Å². The number of hydrogen-bond donors (Lipinski definition) is 1. The van der Waals surface area contributed by atoms with E-state index in [-0.39, 0.29) is 0 Å². The fourth-order valence-electron chi connectivity index (χ4n) is 2.10. The predicted molar refractivity (Wildman–Crippen MR) is 78.3 cm³/mol. The second kappa shape index (κ2) is 6.25. The zero-order chi connectivity index (χ0) is 13.8. The number of aryl methyl sites for hydroxylation is 2. The molecule has 1 heterocycles. The lowest BCUT2D eigenvalue weighted by Crippen LogP contribution is -2.18. The van der Waals surface area contributed by atoms with Crippen LogP contribution in [0, 0.1) is 13.8 Å². The molecule has 0 aliphatic carbocycles. The molecule has 1 N–H and O–H groups in total. The van der Waals surface area contributed by atoms with Crippen molar-refractivity contribution < 1.29 is 0 Å². The maximum Gasteiger partial charge on any atom is 0.170 e. The maximum atomic E-state index is 4.12. The van der Waals surface area contributed by atoms with Crippen LogP contribution in [0.4, 0.5) is 0 Å². The highest BCUT2D eigenvalue weighted by molar-refractivity contribution is 9.10. The van der Waals surface area contributed by atoms with Crippen molar-refractivity contribution in [1.29, 1.82) is 0 Å². The standard InChI is InChI=1S/C13H18BrN5/c1-4-5-15-8-12-16-17-18-19(12)13-9(2)6-11(14)7-10(13)3/h6-7,15H,4-5,8H2,1-3H3. The fraction of sp³-hybridized carbons (Fsp3) is 0.462. The zero-order valence-electron chi connectivity index (χ0n) is 11.4. The molecule has 2 rings (SSSR count). The van der Waals surface area contributed by atoms with Crippen LogP contribution in [0.3, 0.4) is 0 Å². The Labute approximate surface area is 121 Å². The predicted octanol–water partition coefficient (Wildman–Crippen LogP) is 2.54. The molecular formula is C13H18BrN5. The first-order chi connectivity index (χ1) is 9.13. The molecule has 0 fully saturated rings. The quantitative estimate of drug-likeness (QED) is 0.859. The highest BCUT2D eigenvalue weighted by Crippen LogP contribution is 2.23. The van der Waals surface area contributed by atoms with E-state index in [0.717, 1.165) is 40.1 Å². The van der Waals surface area contributed by atoms with Crippen LogP contribution in [0.2, 0.25) is 0 Å². The van der Waals surface area contributed by atoms with Gasteiger partial charge in [-0.25, -0.2) is 0 Å². The smallest absolute Gasteiger partial charge is 0.170 e. The SMILES string of the molecule is CCCNCc1nnnn1-c1c(C)cc(Br)cc1C. The largest absolute Gasteiger partial charge is 0.310 e. The van der Waals surface area contributed by atoms with E-state index < -0.39 is 0 Å². The molecule has 0 saturated heterocycles. The minimum Gasteiger partial charge on any atom is -0.310 e. The summed E-state index contributed by atoms with van der Waals surface area (Å²) in [6.07, 6.45) is 1.10. The molecule has 0 spiro atoms. The molecule has 0 aliphatic heterocycles. The lowest BCUT2D eigenvalue weighted by molar-refractivity contribution is 0.631. The molecule has 1 aromatic carbocycles. The summed E-state index contributed by atoms with van der Waals surface area (Å²) in [5, 5.41) is 15.3. The molecule has 0 saturated carbocycles. The molecule has 102 valence electrons. The van der Waals surface area contributed by atoms with Gasteiger partial charge in [0.05, 0.1) is 12.2 Å². The van der Waals surface area contributed by atoms with Crippen LogP contribution in [0.15, 0.2) is 16.6 Å². The van der Waals surface area contributed by atoms with Crippen molar-refractivity contribution in [3.8, 4) is 5.69 Å². The Morgan fingerprint density at radius 2 is 1.95 bits per heavy atom. The maximum absolute atomic E-state index is 4.12. The van der Waals surface area contributed by atoms with Crippen LogP contribution in [0.1, 0.15) is 30.3 Å². The van der Waals surface area contributed by atoms with Gasteiger partial charge in [0, 0.05) is 4.47 Å². The summed E-state index contributed by atoms with van der Waals surface area (Å²) in [7, 11) is 0. The van der Waals surface area contributed by atoms with Gasteiger partial charge in [-0.3, -0.25) is 0 Å². The number of halogens is 1. The van der Waals surface area contributed by atoms with E-state index in [1.54, 1.807) is 0 Å². The Morgan fingerprint density at radius 3 is 2.58 bits per heavy atom. The molecule has 0 radical (unpaired) electrons. The summed E-state index contributed by atoms with van der Waals surface area (Å²) < 4.78 is 2.89. The molecule has 19 heavy (non-hydrogen) atoms. The molecule has 0 bridgehead atoms. The Bertz CT molecular complexity index is 541. The van der Waals surface area contributed by atoms with E-state index in [2.05, 4.69) is 69.7 Å². The normalized spacial score (nSPS) is 10.9. The summed E-state index contributed by atoms with van der Waals surface area (Å²) in [5.41, 5.74) is 3.35. The van der Waals surface area contributed by atoms with Crippen molar-refractivity contribution in [3.63, 3.8) is 0 Å². The number of rotatable bonds is 5. The van der Waals surface area contributed by atoms with E-state index in [1.807, 2.05) is 4.68 Å². The summed E-state index contributed by atoms with van der Waals surface area (Å²) in [6.45, 7) is 7.91. The highest BCUT2D eigenvalue weighted by atomic mass is 79.9. The number of tetrazole rings is 1. The molecule has 2 aromatic rings. The van der Waals surface area contributed by atoms with Crippen LogP contribution in [-0.4, -0.2) is 26.8 Å². The average Bonchev–Trinajstić information content (AvgIpc) is 2.76. The molecule has 0 amide bonds. The van der Waals surface area contributed by atoms with Crippen LogP contribution in [-0.2, 0) is 6.54 Å². The Balaban J connectivity index is 2.35. The van der Waals surface area contributed by atoms with Gasteiger partial charge in [0.25, 0.3) is 0 Å². The van der Waals surface area contributed by atoms with Crippen LogP contribution < -0.4 is 5.32 Å². The topological polar surface area (TPSA) is 55.6 Å². The van der Waals surface area contributed by atoms with E-state index >= 15 is 0 Å². The van der Waals surface area contributed by atoms with Gasteiger partial charge >= 0.3 is 0 Å². The first kappa shape index (κ1) is 14.1. The summed E-state index contributed by atoms with van der Waals surface area (Å²) in [4.78, 5) is 0. The van der Waals surface area contributed by atoms with Gasteiger partial charge in [-0.1, -0.05) is 22.9 Å². The van der Waals surface area contributed by atoms with Gasteiger partial charge in [-0.15, -0.1) is 5.10 Å². The molecule has 6 heteroatoms. The van der Waals surface area contributed by atoms with E-state index in [4.69, 9.17) is 0 Å². The van der Waals surface area contributed by atoms with Crippen molar-refractivity contribution in [2.75, 3.05) is 6.54 Å². The van der Waals surface area contributed by atoms with Gasteiger partial charge in [-0.05, 0) is 60.5 Å². The van der Waals surface area contributed by atoms with Crippen LogP contribution in [0.25, 0.3) is 5.69 Å². The first-order valence-electron chi connectivity index (χ1n) is 6.38. The zero-order valence-corrected chi connectivity index (χ0v) is 13.0. The lowest BCUT2D eigenvalue weighted by Gasteiger charge is -2.12. The molecular weight excluding hydrogens is 306 g/mol. The second-order valence-corrected chi connectivity index (χ2v) is 5.49. The third-order valence-electron chi connectivity index (χ3n) is 2.91. The van der Waals surface area contributed by atoms with Crippen molar-refractivity contribution >= 4 is 15.9 Å². The van der Waals surface area contributed by atoms with Crippen molar-refractivity contribution in [2.45, 2.75) is 33.7 Å². The summed E-state index contributed by atoms with van der Waals surface area (Å²) in [6, 6.07) is 4.15. The lowest BCUT2D eigenvalue weighted by atomic mass is 10.1.